The molecule has 9 nitrogen and oxygen atoms in total. The third-order valence-electron chi connectivity index (χ3n) is 6.13. The third kappa shape index (κ3) is 4.76. The van der Waals surface area contributed by atoms with E-state index in [2.05, 4.69) is 25.0 Å². The van der Waals surface area contributed by atoms with E-state index in [1.807, 2.05) is 12.1 Å². The lowest BCUT2D eigenvalue weighted by atomic mass is 10.0. The summed E-state index contributed by atoms with van der Waals surface area (Å²) in [5, 5.41) is 4.54. The maximum atomic E-state index is 13.0. The molecule has 1 aliphatic heterocycles. The fraction of sp³-hybridized carbons (Fsp3) is 0.417. The van der Waals surface area contributed by atoms with Gasteiger partial charge in [-0.2, -0.15) is 5.10 Å². The lowest BCUT2D eigenvalue weighted by molar-refractivity contribution is -0.133. The van der Waals surface area contributed by atoms with Crippen LogP contribution < -0.4 is 5.56 Å². The Kier molecular flexibility index (Phi) is 6.48. The molecule has 1 saturated heterocycles. The zero-order valence-electron chi connectivity index (χ0n) is 19.3. The maximum Gasteiger partial charge on any atom is 0.409 e. The minimum Gasteiger partial charge on any atom is -0.450 e. The second kappa shape index (κ2) is 9.48. The number of carbonyl (C=O) groups excluding carboxylic acids is 2. The normalized spacial score (nSPS) is 14.0. The largest absolute Gasteiger partial charge is 0.450 e. The quantitative estimate of drug-likeness (QED) is 0.595. The highest BCUT2D eigenvalue weighted by Gasteiger charge is 2.24. The highest BCUT2D eigenvalue weighted by atomic mass is 16.6. The Labute approximate surface area is 192 Å². The number of nitrogens with zero attached hydrogens (tertiary/aromatic N) is 5. The van der Waals surface area contributed by atoms with Gasteiger partial charge in [-0.05, 0) is 44.0 Å². The van der Waals surface area contributed by atoms with Crippen molar-refractivity contribution in [2.24, 2.45) is 0 Å². The van der Waals surface area contributed by atoms with Crippen LogP contribution in [0.3, 0.4) is 0 Å². The highest BCUT2D eigenvalue weighted by molar-refractivity contribution is 5.76. The number of benzene rings is 1. The van der Waals surface area contributed by atoms with Crippen LogP contribution in [0.5, 0.6) is 0 Å². The molecule has 3 aromatic rings. The smallest absolute Gasteiger partial charge is 0.409 e. The molecule has 0 N–H and O–H groups in total. The first-order chi connectivity index (χ1) is 15.9. The summed E-state index contributed by atoms with van der Waals surface area (Å²) in [6.45, 7) is 8.34. The van der Waals surface area contributed by atoms with Crippen molar-refractivity contribution in [2.75, 3.05) is 32.8 Å². The Morgan fingerprint density at radius 1 is 1.00 bits per heavy atom. The second-order valence-electron chi connectivity index (χ2n) is 8.27. The van der Waals surface area contributed by atoms with E-state index in [4.69, 9.17) is 4.74 Å². The number of aryl methyl sites for hydroxylation is 3. The second-order valence-corrected chi connectivity index (χ2v) is 8.27. The molecule has 4 rings (SSSR count). The molecular weight excluding hydrogens is 422 g/mol. The van der Waals surface area contributed by atoms with E-state index in [-0.39, 0.29) is 30.5 Å². The first-order valence-corrected chi connectivity index (χ1v) is 11.2. The van der Waals surface area contributed by atoms with Crippen molar-refractivity contribution < 1.29 is 14.3 Å². The van der Waals surface area contributed by atoms with Crippen LogP contribution in [0, 0.1) is 13.8 Å². The zero-order valence-corrected chi connectivity index (χ0v) is 19.3. The van der Waals surface area contributed by atoms with Crippen molar-refractivity contribution in [3.8, 4) is 11.3 Å². The third-order valence-corrected chi connectivity index (χ3v) is 6.13. The number of piperazine rings is 1. The van der Waals surface area contributed by atoms with E-state index in [0.717, 1.165) is 11.3 Å². The Morgan fingerprint density at radius 2 is 1.73 bits per heavy atom. The summed E-state index contributed by atoms with van der Waals surface area (Å²) in [5.74, 6) is -0.0328. The van der Waals surface area contributed by atoms with Gasteiger partial charge in [-0.3, -0.25) is 9.59 Å². The van der Waals surface area contributed by atoms with Gasteiger partial charge in [-0.25, -0.2) is 9.31 Å². The number of amides is 2. The van der Waals surface area contributed by atoms with Gasteiger partial charge in [0.15, 0.2) is 0 Å². The van der Waals surface area contributed by atoms with Gasteiger partial charge in [0.05, 0.1) is 12.3 Å². The topological polar surface area (TPSA) is 89.2 Å². The lowest BCUT2D eigenvalue weighted by Crippen LogP contribution is -2.50. The number of ether oxygens (including phenoxy) is 1. The number of rotatable bonds is 5. The molecule has 0 unspecified atom stereocenters. The van der Waals surface area contributed by atoms with Gasteiger partial charge in [-0.1, -0.05) is 12.1 Å². The standard InChI is InChI=1S/C24H29N5O4/c1-4-33-24(32)28-11-9-26(10-12-28)22(30)7-8-27-13-14-29-21(23(27)31)16-20(25-29)19-6-5-17(2)18(3)15-19/h5-6,13-16H,4,7-12H2,1-3H3. The van der Waals surface area contributed by atoms with Gasteiger partial charge < -0.3 is 19.1 Å². The van der Waals surface area contributed by atoms with Gasteiger partial charge in [0, 0.05) is 57.1 Å². The first kappa shape index (κ1) is 22.6. The van der Waals surface area contributed by atoms with Gasteiger partial charge in [0.2, 0.25) is 5.91 Å². The number of carbonyl (C=O) groups is 2. The molecule has 0 atom stereocenters. The SMILES string of the molecule is CCOC(=O)N1CCN(C(=O)CCn2ccn3nc(-c4ccc(C)c(C)c4)cc3c2=O)CC1. The van der Waals surface area contributed by atoms with Crippen molar-refractivity contribution in [2.45, 2.75) is 33.7 Å². The number of hydrogen-bond acceptors (Lipinski definition) is 5. The average molecular weight is 452 g/mol. The number of hydrogen-bond donors (Lipinski definition) is 0. The summed E-state index contributed by atoms with van der Waals surface area (Å²) >= 11 is 0. The van der Waals surface area contributed by atoms with Crippen LogP contribution in [0.2, 0.25) is 0 Å². The van der Waals surface area contributed by atoms with Crippen LogP contribution in [0.1, 0.15) is 24.5 Å². The van der Waals surface area contributed by atoms with Crippen LogP contribution in [0.4, 0.5) is 4.79 Å². The minimum absolute atomic E-state index is 0.0328. The number of aromatic nitrogens is 3. The molecule has 1 fully saturated rings. The molecule has 1 aromatic carbocycles. The van der Waals surface area contributed by atoms with Crippen LogP contribution in [0.15, 0.2) is 41.5 Å². The van der Waals surface area contributed by atoms with Crippen LogP contribution >= 0.6 is 0 Å². The zero-order chi connectivity index (χ0) is 23.5. The van der Waals surface area contributed by atoms with E-state index in [1.165, 1.54) is 11.1 Å². The van der Waals surface area contributed by atoms with Crippen molar-refractivity contribution in [3.05, 3.63) is 58.1 Å². The molecule has 1 aliphatic rings. The fourth-order valence-corrected chi connectivity index (χ4v) is 3.97. The molecule has 0 spiro atoms. The molecule has 0 bridgehead atoms. The Hall–Kier alpha value is -3.62. The van der Waals surface area contributed by atoms with Gasteiger partial charge in [-0.15, -0.1) is 0 Å². The minimum atomic E-state index is -0.342. The maximum absolute atomic E-state index is 13.0. The summed E-state index contributed by atoms with van der Waals surface area (Å²) in [6.07, 6.45) is 3.28. The van der Waals surface area contributed by atoms with Crippen LogP contribution in [-0.2, 0) is 16.1 Å². The summed E-state index contributed by atoms with van der Waals surface area (Å²) in [7, 11) is 0. The summed E-state index contributed by atoms with van der Waals surface area (Å²) in [4.78, 5) is 40.8. The van der Waals surface area contributed by atoms with Gasteiger partial charge >= 0.3 is 6.09 Å². The van der Waals surface area contributed by atoms with E-state index in [1.54, 1.807) is 44.3 Å². The Bertz CT molecular complexity index is 1240. The predicted octanol–water partition coefficient (Wildman–Crippen LogP) is 2.47. The fourth-order valence-electron chi connectivity index (χ4n) is 3.97. The molecule has 174 valence electrons. The molecular formula is C24H29N5O4. The highest BCUT2D eigenvalue weighted by Crippen LogP contribution is 2.21. The average Bonchev–Trinajstić information content (AvgIpc) is 3.26. The molecule has 3 heterocycles. The van der Waals surface area contributed by atoms with Gasteiger partial charge in [0.1, 0.15) is 5.52 Å². The van der Waals surface area contributed by atoms with E-state index >= 15 is 0 Å². The summed E-state index contributed by atoms with van der Waals surface area (Å²) in [6, 6.07) is 7.91. The molecule has 0 radical (unpaired) electrons. The van der Waals surface area contributed by atoms with E-state index < -0.39 is 0 Å². The van der Waals surface area contributed by atoms with Crippen LogP contribution in [-0.4, -0.2) is 68.8 Å². The van der Waals surface area contributed by atoms with Crippen LogP contribution in [0.25, 0.3) is 16.8 Å². The van der Waals surface area contributed by atoms with E-state index in [0.29, 0.717) is 38.3 Å². The molecule has 9 heteroatoms. The summed E-state index contributed by atoms with van der Waals surface area (Å²) < 4.78 is 8.14. The first-order valence-electron chi connectivity index (χ1n) is 11.2. The van der Waals surface area contributed by atoms with Crippen molar-refractivity contribution >= 4 is 17.5 Å². The Morgan fingerprint density at radius 3 is 2.42 bits per heavy atom. The molecule has 33 heavy (non-hydrogen) atoms. The van der Waals surface area contributed by atoms with Gasteiger partial charge in [0.25, 0.3) is 5.56 Å². The Balaban J connectivity index is 1.41. The monoisotopic (exact) mass is 451 g/mol. The van der Waals surface area contributed by atoms with Crippen molar-refractivity contribution in [1.82, 2.24) is 24.0 Å². The molecule has 2 aromatic heterocycles. The predicted molar refractivity (Wildman–Crippen MR) is 124 cm³/mol. The van der Waals surface area contributed by atoms with Crippen molar-refractivity contribution in [1.29, 1.82) is 0 Å². The molecule has 2 amide bonds. The van der Waals surface area contributed by atoms with E-state index in [9.17, 15) is 14.4 Å². The van der Waals surface area contributed by atoms with Crippen molar-refractivity contribution in [3.63, 3.8) is 0 Å². The number of fused-ring (bicyclic) bond motifs is 1. The molecule has 0 aliphatic carbocycles. The lowest BCUT2D eigenvalue weighted by Gasteiger charge is -2.34. The summed E-state index contributed by atoms with van der Waals surface area (Å²) in [5.41, 5.74) is 4.37. The molecule has 0 saturated carbocycles.